The van der Waals surface area contributed by atoms with Crippen LogP contribution in [0.5, 0.6) is 0 Å². The number of halogens is 4. The molecule has 0 aromatic heterocycles. The normalized spacial score (nSPS) is 18.5. The molecule has 4 nitrogen and oxygen atoms in total. The fourth-order valence-corrected chi connectivity index (χ4v) is 2.27. The van der Waals surface area contributed by atoms with Crippen molar-refractivity contribution < 1.29 is 18.0 Å². The molecule has 1 heterocycles. The number of amides is 1. The Morgan fingerprint density at radius 2 is 2.10 bits per heavy atom. The van der Waals surface area contributed by atoms with E-state index >= 15 is 0 Å². The summed E-state index contributed by atoms with van der Waals surface area (Å²) >= 11 is 0. The fourth-order valence-electron chi connectivity index (χ4n) is 2.27. The van der Waals surface area contributed by atoms with Crippen molar-refractivity contribution in [2.24, 2.45) is 0 Å². The van der Waals surface area contributed by atoms with Gasteiger partial charge in [-0.05, 0) is 31.7 Å². The molecule has 0 aliphatic carbocycles. The lowest BCUT2D eigenvalue weighted by molar-refractivity contribution is -0.137. The second kappa shape index (κ2) is 6.53. The first-order chi connectivity index (χ1) is 9.32. The van der Waals surface area contributed by atoms with Crippen LogP contribution in [0.1, 0.15) is 22.3 Å². The number of nitrogen functional groups attached to an aromatic ring is 1. The third-order valence-electron chi connectivity index (χ3n) is 3.49. The van der Waals surface area contributed by atoms with Gasteiger partial charge in [0.2, 0.25) is 0 Å². The molecular formula is C13H17ClF3N3O. The topological polar surface area (TPSA) is 58.4 Å². The molecule has 21 heavy (non-hydrogen) atoms. The Hall–Kier alpha value is -1.47. The number of nitrogens with zero attached hydrogens (tertiary/aromatic N) is 1. The van der Waals surface area contributed by atoms with Crippen LogP contribution in [0.15, 0.2) is 18.2 Å². The van der Waals surface area contributed by atoms with Crippen LogP contribution in [0.4, 0.5) is 18.9 Å². The number of hydrogen-bond acceptors (Lipinski definition) is 3. The van der Waals surface area contributed by atoms with Gasteiger partial charge in [0.15, 0.2) is 0 Å². The Morgan fingerprint density at radius 1 is 1.43 bits per heavy atom. The van der Waals surface area contributed by atoms with Crippen molar-refractivity contribution in [1.82, 2.24) is 10.2 Å². The molecule has 1 amide bonds. The highest BCUT2D eigenvalue weighted by atomic mass is 35.5. The van der Waals surface area contributed by atoms with Crippen LogP contribution in [0.3, 0.4) is 0 Å². The van der Waals surface area contributed by atoms with Crippen molar-refractivity contribution in [3.05, 3.63) is 29.3 Å². The van der Waals surface area contributed by atoms with Gasteiger partial charge in [-0.25, -0.2) is 0 Å². The molecule has 1 aliphatic heterocycles. The van der Waals surface area contributed by atoms with Crippen LogP contribution in [0, 0.1) is 0 Å². The number of nitrogens with one attached hydrogen (secondary N) is 1. The van der Waals surface area contributed by atoms with Crippen molar-refractivity contribution in [3.63, 3.8) is 0 Å². The predicted octanol–water partition coefficient (Wildman–Crippen LogP) is 2.14. The molecule has 3 N–H and O–H groups in total. The van der Waals surface area contributed by atoms with E-state index in [-0.39, 0.29) is 29.7 Å². The largest absolute Gasteiger partial charge is 0.416 e. The average Bonchev–Trinajstić information content (AvgIpc) is 2.86. The number of carbonyl (C=O) groups excluding carboxylic acids is 1. The maximum absolute atomic E-state index is 12.7. The standard InChI is InChI=1S/C13H16F3N3O.ClH/c1-18-9-4-5-19(7-9)12(20)10-6-8(13(14,15)16)2-3-11(10)17;/h2-3,6,9,18H,4-5,7,17H2,1H3;1H. The van der Waals surface area contributed by atoms with Gasteiger partial charge in [0.05, 0.1) is 11.1 Å². The molecule has 1 atom stereocenters. The van der Waals surface area contributed by atoms with Crippen LogP contribution < -0.4 is 11.1 Å². The van der Waals surface area contributed by atoms with E-state index in [2.05, 4.69) is 5.32 Å². The van der Waals surface area contributed by atoms with Crippen molar-refractivity contribution >= 4 is 24.0 Å². The molecule has 1 saturated heterocycles. The van der Waals surface area contributed by atoms with Gasteiger partial charge in [-0.3, -0.25) is 4.79 Å². The number of likely N-dealkylation sites (N-methyl/N-ethyl adjacent to an activating group) is 1. The van der Waals surface area contributed by atoms with Crippen LogP contribution in [-0.4, -0.2) is 37.0 Å². The number of carbonyl (C=O) groups is 1. The smallest absolute Gasteiger partial charge is 0.398 e. The zero-order valence-electron chi connectivity index (χ0n) is 11.4. The molecule has 1 aromatic rings. The Kier molecular flexibility index (Phi) is 5.47. The summed E-state index contributed by atoms with van der Waals surface area (Å²) in [6.07, 6.45) is -3.71. The van der Waals surface area contributed by atoms with Gasteiger partial charge in [-0.1, -0.05) is 0 Å². The average molecular weight is 324 g/mol. The molecule has 1 unspecified atom stereocenters. The molecule has 0 radical (unpaired) electrons. The van der Waals surface area contributed by atoms with Crippen LogP contribution in [0.2, 0.25) is 0 Å². The van der Waals surface area contributed by atoms with E-state index in [9.17, 15) is 18.0 Å². The van der Waals surface area contributed by atoms with Crippen LogP contribution in [0.25, 0.3) is 0 Å². The zero-order chi connectivity index (χ0) is 14.9. The summed E-state index contributed by atoms with van der Waals surface area (Å²) in [5.74, 6) is -0.452. The number of rotatable bonds is 2. The van der Waals surface area contributed by atoms with E-state index in [4.69, 9.17) is 5.73 Å². The van der Waals surface area contributed by atoms with Gasteiger partial charge < -0.3 is 16.0 Å². The molecule has 0 spiro atoms. The molecule has 2 rings (SSSR count). The lowest BCUT2D eigenvalue weighted by Crippen LogP contribution is -2.33. The Balaban J connectivity index is 0.00000220. The highest BCUT2D eigenvalue weighted by Crippen LogP contribution is 2.31. The summed E-state index contributed by atoms with van der Waals surface area (Å²) < 4.78 is 38.0. The number of anilines is 1. The van der Waals surface area contributed by atoms with Gasteiger partial charge >= 0.3 is 6.18 Å². The maximum atomic E-state index is 12.7. The molecule has 1 aliphatic rings. The molecule has 1 aromatic carbocycles. The Morgan fingerprint density at radius 3 is 2.62 bits per heavy atom. The minimum Gasteiger partial charge on any atom is -0.398 e. The number of benzene rings is 1. The molecule has 0 saturated carbocycles. The van der Waals surface area contributed by atoms with Crippen molar-refractivity contribution in [1.29, 1.82) is 0 Å². The van der Waals surface area contributed by atoms with E-state index in [1.807, 2.05) is 0 Å². The summed E-state index contributed by atoms with van der Waals surface area (Å²) in [4.78, 5) is 13.8. The minimum atomic E-state index is -4.48. The predicted molar refractivity (Wildman–Crippen MR) is 76.5 cm³/mol. The zero-order valence-corrected chi connectivity index (χ0v) is 12.2. The highest BCUT2D eigenvalue weighted by molar-refractivity contribution is 5.99. The van der Waals surface area contributed by atoms with Crippen molar-refractivity contribution in [2.45, 2.75) is 18.6 Å². The highest BCUT2D eigenvalue weighted by Gasteiger charge is 2.33. The summed E-state index contributed by atoms with van der Waals surface area (Å²) in [5, 5.41) is 3.05. The van der Waals surface area contributed by atoms with Gasteiger partial charge in [0, 0.05) is 24.8 Å². The van der Waals surface area contributed by atoms with E-state index in [0.29, 0.717) is 13.1 Å². The van der Waals surface area contributed by atoms with E-state index in [0.717, 1.165) is 24.6 Å². The quantitative estimate of drug-likeness (QED) is 0.820. The van der Waals surface area contributed by atoms with E-state index < -0.39 is 17.6 Å². The molecule has 118 valence electrons. The van der Waals surface area contributed by atoms with Gasteiger partial charge in [-0.2, -0.15) is 13.2 Å². The monoisotopic (exact) mass is 323 g/mol. The number of nitrogens with two attached hydrogens (primary N) is 1. The van der Waals surface area contributed by atoms with E-state index in [1.165, 1.54) is 4.90 Å². The third kappa shape index (κ3) is 3.79. The first kappa shape index (κ1) is 17.6. The second-order valence-corrected chi connectivity index (χ2v) is 4.83. The van der Waals surface area contributed by atoms with Gasteiger partial charge in [0.25, 0.3) is 5.91 Å². The van der Waals surface area contributed by atoms with Gasteiger partial charge in [-0.15, -0.1) is 12.4 Å². The van der Waals surface area contributed by atoms with Crippen molar-refractivity contribution in [2.75, 3.05) is 25.9 Å². The first-order valence-electron chi connectivity index (χ1n) is 6.26. The maximum Gasteiger partial charge on any atom is 0.416 e. The summed E-state index contributed by atoms with van der Waals surface area (Å²) in [5.41, 5.74) is 4.76. The summed E-state index contributed by atoms with van der Waals surface area (Å²) in [6, 6.07) is 3.00. The SMILES string of the molecule is CNC1CCN(C(=O)c2cc(C(F)(F)F)ccc2N)C1.Cl. The van der Waals surface area contributed by atoms with Crippen LogP contribution >= 0.6 is 12.4 Å². The van der Waals surface area contributed by atoms with Crippen LogP contribution in [-0.2, 0) is 6.18 Å². The van der Waals surface area contributed by atoms with E-state index in [1.54, 1.807) is 7.05 Å². The number of alkyl halides is 3. The lowest BCUT2D eigenvalue weighted by atomic mass is 10.1. The lowest BCUT2D eigenvalue weighted by Gasteiger charge is -2.18. The molecule has 0 bridgehead atoms. The number of hydrogen-bond donors (Lipinski definition) is 2. The third-order valence-corrected chi connectivity index (χ3v) is 3.49. The molecule has 1 fully saturated rings. The number of likely N-dealkylation sites (tertiary alicyclic amines) is 1. The fraction of sp³-hybridized carbons (Fsp3) is 0.462. The first-order valence-corrected chi connectivity index (χ1v) is 6.26. The molecular weight excluding hydrogens is 307 g/mol. The summed E-state index contributed by atoms with van der Waals surface area (Å²) in [7, 11) is 1.79. The minimum absolute atomic E-state index is 0. The second-order valence-electron chi connectivity index (χ2n) is 4.83. The Bertz CT molecular complexity index is 522. The Labute approximate surface area is 126 Å². The van der Waals surface area contributed by atoms with Gasteiger partial charge in [0.1, 0.15) is 0 Å². The van der Waals surface area contributed by atoms with Crippen molar-refractivity contribution in [3.8, 4) is 0 Å². The summed E-state index contributed by atoms with van der Waals surface area (Å²) in [6.45, 7) is 0.991. The molecule has 8 heteroatoms.